The summed E-state index contributed by atoms with van der Waals surface area (Å²) in [5.41, 5.74) is 0.761. The fourth-order valence-electron chi connectivity index (χ4n) is 2.24. The van der Waals surface area contributed by atoms with Gasteiger partial charge in [-0.05, 0) is 18.8 Å². The van der Waals surface area contributed by atoms with Gasteiger partial charge in [0.2, 0.25) is 0 Å². The van der Waals surface area contributed by atoms with Gasteiger partial charge in [-0.1, -0.05) is 36.8 Å². The standard InChI is InChI=1S/C13H16O2/c14-12-8-4-7-11(12)9-13(15)10-5-2-1-3-6-10/h1-3,5-6,11-12,14H,4,7-9H2. The summed E-state index contributed by atoms with van der Waals surface area (Å²) in [4.78, 5) is 11.8. The van der Waals surface area contributed by atoms with Gasteiger partial charge >= 0.3 is 0 Å². The predicted octanol–water partition coefficient (Wildman–Crippen LogP) is 2.42. The Kier molecular flexibility index (Phi) is 3.17. The number of aliphatic hydroxyl groups excluding tert-OH is 1. The third kappa shape index (κ3) is 2.45. The summed E-state index contributed by atoms with van der Waals surface area (Å²) in [5.74, 6) is 0.333. The van der Waals surface area contributed by atoms with Crippen molar-refractivity contribution in [2.45, 2.75) is 31.8 Å². The fraction of sp³-hybridized carbons (Fsp3) is 0.462. The van der Waals surface area contributed by atoms with Gasteiger partial charge in [-0.25, -0.2) is 0 Å². The molecule has 2 atom stereocenters. The fourth-order valence-corrected chi connectivity index (χ4v) is 2.24. The van der Waals surface area contributed by atoms with Crippen molar-refractivity contribution in [1.29, 1.82) is 0 Å². The van der Waals surface area contributed by atoms with Crippen LogP contribution in [0, 0.1) is 5.92 Å². The van der Waals surface area contributed by atoms with Gasteiger partial charge in [0.15, 0.2) is 5.78 Å². The molecule has 0 radical (unpaired) electrons. The summed E-state index contributed by atoms with van der Waals surface area (Å²) in [6.45, 7) is 0. The molecule has 1 aliphatic carbocycles. The Morgan fingerprint density at radius 2 is 2.00 bits per heavy atom. The van der Waals surface area contributed by atoms with E-state index in [1.165, 1.54) is 0 Å². The maximum atomic E-state index is 11.8. The first kappa shape index (κ1) is 10.4. The molecular weight excluding hydrogens is 188 g/mol. The van der Waals surface area contributed by atoms with Crippen molar-refractivity contribution in [2.75, 3.05) is 0 Å². The molecule has 80 valence electrons. The van der Waals surface area contributed by atoms with E-state index in [1.54, 1.807) is 0 Å². The smallest absolute Gasteiger partial charge is 0.163 e. The highest BCUT2D eigenvalue weighted by Crippen LogP contribution is 2.29. The van der Waals surface area contributed by atoms with Crippen LogP contribution in [0.4, 0.5) is 0 Å². The topological polar surface area (TPSA) is 37.3 Å². The summed E-state index contributed by atoms with van der Waals surface area (Å²) in [6.07, 6.45) is 3.11. The van der Waals surface area contributed by atoms with Crippen LogP contribution in [-0.2, 0) is 0 Å². The summed E-state index contributed by atoms with van der Waals surface area (Å²) < 4.78 is 0. The first-order chi connectivity index (χ1) is 7.27. The monoisotopic (exact) mass is 204 g/mol. The minimum absolute atomic E-state index is 0.154. The highest BCUT2D eigenvalue weighted by Gasteiger charge is 2.27. The van der Waals surface area contributed by atoms with Crippen molar-refractivity contribution < 1.29 is 9.90 Å². The van der Waals surface area contributed by atoms with Crippen LogP contribution in [0.2, 0.25) is 0 Å². The lowest BCUT2D eigenvalue weighted by atomic mass is 9.95. The first-order valence-electron chi connectivity index (χ1n) is 5.53. The number of hydrogen-bond donors (Lipinski definition) is 1. The van der Waals surface area contributed by atoms with Gasteiger partial charge in [-0.2, -0.15) is 0 Å². The number of Topliss-reactive ketones (excluding diaryl/α,β-unsaturated/α-hetero) is 1. The lowest BCUT2D eigenvalue weighted by molar-refractivity contribution is 0.0868. The van der Waals surface area contributed by atoms with Crippen molar-refractivity contribution in [3.05, 3.63) is 35.9 Å². The third-order valence-corrected chi connectivity index (χ3v) is 3.16. The van der Waals surface area contributed by atoms with E-state index in [-0.39, 0.29) is 17.8 Å². The highest BCUT2D eigenvalue weighted by molar-refractivity contribution is 5.96. The normalized spacial score (nSPS) is 25.4. The molecule has 1 N–H and O–H groups in total. The van der Waals surface area contributed by atoms with Gasteiger partial charge in [0, 0.05) is 12.0 Å². The number of carbonyl (C=O) groups is 1. The number of aliphatic hydroxyl groups is 1. The van der Waals surface area contributed by atoms with Crippen molar-refractivity contribution >= 4 is 5.78 Å². The summed E-state index contributed by atoms with van der Waals surface area (Å²) >= 11 is 0. The summed E-state index contributed by atoms with van der Waals surface area (Å²) in [7, 11) is 0. The lowest BCUT2D eigenvalue weighted by Gasteiger charge is -2.12. The average molecular weight is 204 g/mol. The molecule has 0 heterocycles. The molecule has 2 heteroatoms. The molecule has 0 spiro atoms. The molecule has 0 bridgehead atoms. The Hall–Kier alpha value is -1.15. The number of ketones is 1. The second-order valence-electron chi connectivity index (χ2n) is 4.25. The van der Waals surface area contributed by atoms with Gasteiger partial charge in [-0.15, -0.1) is 0 Å². The van der Waals surface area contributed by atoms with Gasteiger partial charge in [-0.3, -0.25) is 4.79 Å². The van der Waals surface area contributed by atoms with Crippen LogP contribution in [0.3, 0.4) is 0 Å². The Labute approximate surface area is 89.9 Å². The molecule has 0 aromatic heterocycles. The molecule has 1 aliphatic rings. The Morgan fingerprint density at radius 3 is 2.60 bits per heavy atom. The SMILES string of the molecule is O=C(CC1CCCC1O)c1ccccc1. The van der Waals surface area contributed by atoms with Crippen LogP contribution < -0.4 is 0 Å². The molecular formula is C13H16O2. The summed E-state index contributed by atoms with van der Waals surface area (Å²) in [5, 5.41) is 9.63. The van der Waals surface area contributed by atoms with E-state index in [0.717, 1.165) is 24.8 Å². The molecule has 0 saturated heterocycles. The van der Waals surface area contributed by atoms with Gasteiger partial charge in [0.1, 0.15) is 0 Å². The highest BCUT2D eigenvalue weighted by atomic mass is 16.3. The van der Waals surface area contributed by atoms with Gasteiger partial charge in [0.25, 0.3) is 0 Å². The van der Waals surface area contributed by atoms with Crippen molar-refractivity contribution in [2.24, 2.45) is 5.92 Å². The van der Waals surface area contributed by atoms with Crippen LogP contribution in [0.15, 0.2) is 30.3 Å². The Balaban J connectivity index is 1.98. The number of rotatable bonds is 3. The van der Waals surface area contributed by atoms with E-state index in [0.29, 0.717) is 6.42 Å². The van der Waals surface area contributed by atoms with Crippen LogP contribution in [0.25, 0.3) is 0 Å². The quantitative estimate of drug-likeness (QED) is 0.768. The summed E-state index contributed by atoms with van der Waals surface area (Å²) in [6, 6.07) is 9.32. The van der Waals surface area contributed by atoms with E-state index in [2.05, 4.69) is 0 Å². The van der Waals surface area contributed by atoms with Crippen molar-refractivity contribution in [3.63, 3.8) is 0 Å². The molecule has 1 saturated carbocycles. The van der Waals surface area contributed by atoms with E-state index in [4.69, 9.17) is 0 Å². The largest absolute Gasteiger partial charge is 0.393 e. The average Bonchev–Trinajstić information content (AvgIpc) is 2.66. The van der Waals surface area contributed by atoms with Crippen LogP contribution in [0.5, 0.6) is 0 Å². The van der Waals surface area contributed by atoms with Crippen molar-refractivity contribution in [3.8, 4) is 0 Å². The van der Waals surface area contributed by atoms with Gasteiger partial charge in [0.05, 0.1) is 6.10 Å². The first-order valence-corrected chi connectivity index (χ1v) is 5.53. The molecule has 1 fully saturated rings. The molecule has 0 amide bonds. The number of benzene rings is 1. The van der Waals surface area contributed by atoms with E-state index in [1.807, 2.05) is 30.3 Å². The molecule has 15 heavy (non-hydrogen) atoms. The molecule has 2 unspecified atom stereocenters. The molecule has 1 aromatic rings. The van der Waals surface area contributed by atoms with E-state index >= 15 is 0 Å². The minimum Gasteiger partial charge on any atom is -0.393 e. The van der Waals surface area contributed by atoms with E-state index < -0.39 is 0 Å². The number of carbonyl (C=O) groups excluding carboxylic acids is 1. The Bertz CT molecular complexity index is 332. The molecule has 2 rings (SSSR count). The van der Waals surface area contributed by atoms with Crippen LogP contribution in [0.1, 0.15) is 36.0 Å². The Morgan fingerprint density at radius 1 is 1.27 bits per heavy atom. The number of hydrogen-bond acceptors (Lipinski definition) is 2. The van der Waals surface area contributed by atoms with Crippen LogP contribution >= 0.6 is 0 Å². The second-order valence-corrected chi connectivity index (χ2v) is 4.25. The molecule has 2 nitrogen and oxygen atoms in total. The van der Waals surface area contributed by atoms with E-state index in [9.17, 15) is 9.90 Å². The zero-order chi connectivity index (χ0) is 10.7. The molecule has 1 aromatic carbocycles. The lowest BCUT2D eigenvalue weighted by Crippen LogP contribution is -2.17. The molecule has 0 aliphatic heterocycles. The maximum absolute atomic E-state index is 11.8. The zero-order valence-electron chi connectivity index (χ0n) is 8.73. The van der Waals surface area contributed by atoms with Gasteiger partial charge < -0.3 is 5.11 Å². The predicted molar refractivity (Wildman–Crippen MR) is 58.7 cm³/mol. The van der Waals surface area contributed by atoms with Crippen LogP contribution in [-0.4, -0.2) is 17.0 Å². The second kappa shape index (κ2) is 4.58. The third-order valence-electron chi connectivity index (χ3n) is 3.16. The van der Waals surface area contributed by atoms with Crippen molar-refractivity contribution in [1.82, 2.24) is 0 Å². The maximum Gasteiger partial charge on any atom is 0.163 e. The zero-order valence-corrected chi connectivity index (χ0v) is 8.73. The minimum atomic E-state index is -0.266.